The van der Waals surface area contributed by atoms with Crippen molar-refractivity contribution in [3.63, 3.8) is 0 Å². The number of benzene rings is 2. The summed E-state index contributed by atoms with van der Waals surface area (Å²) in [6.45, 7) is 0. The highest BCUT2D eigenvalue weighted by Crippen LogP contribution is 2.28. The highest BCUT2D eigenvalue weighted by atomic mass is 19.4. The highest BCUT2D eigenvalue weighted by molar-refractivity contribution is 5.66. The van der Waals surface area contributed by atoms with Crippen molar-refractivity contribution in [1.29, 1.82) is 0 Å². The lowest BCUT2D eigenvalue weighted by Gasteiger charge is -2.10. The van der Waals surface area contributed by atoms with Gasteiger partial charge in [-0.05, 0) is 28.8 Å². The minimum atomic E-state index is -4.72. The quantitative estimate of drug-likeness (QED) is 0.433. The summed E-state index contributed by atoms with van der Waals surface area (Å²) in [5.74, 6) is -0.283. The van der Waals surface area contributed by atoms with E-state index in [4.69, 9.17) is 5.53 Å². The van der Waals surface area contributed by atoms with Crippen LogP contribution in [-0.2, 0) is 0 Å². The van der Waals surface area contributed by atoms with Gasteiger partial charge in [-0.3, -0.25) is 0 Å². The molecule has 0 fully saturated rings. The Bertz CT molecular complexity index is 647. The van der Waals surface area contributed by atoms with Gasteiger partial charge in [-0.15, -0.1) is 13.2 Å². The van der Waals surface area contributed by atoms with Crippen LogP contribution in [0.5, 0.6) is 5.75 Å². The standard InChI is InChI=1S/C13H8F3N3O/c14-13(15,16)20-12-3-1-2-10(8-12)9-4-6-11(7-5-9)18-19-17/h1-8H. The summed E-state index contributed by atoms with van der Waals surface area (Å²) in [4.78, 5) is 2.64. The Hall–Kier alpha value is -2.66. The van der Waals surface area contributed by atoms with Gasteiger partial charge in [0.25, 0.3) is 0 Å². The van der Waals surface area contributed by atoms with Crippen LogP contribution in [0.3, 0.4) is 0 Å². The van der Waals surface area contributed by atoms with E-state index in [0.29, 0.717) is 16.8 Å². The number of alkyl halides is 3. The molecule has 0 heterocycles. The molecule has 0 saturated heterocycles. The number of hydrogen-bond donors (Lipinski definition) is 0. The molecule has 0 aliphatic heterocycles. The van der Waals surface area contributed by atoms with Crippen LogP contribution >= 0.6 is 0 Å². The van der Waals surface area contributed by atoms with Crippen molar-refractivity contribution in [2.45, 2.75) is 6.36 Å². The van der Waals surface area contributed by atoms with Crippen molar-refractivity contribution in [3.05, 3.63) is 59.0 Å². The van der Waals surface area contributed by atoms with Crippen LogP contribution in [0.25, 0.3) is 21.6 Å². The number of ether oxygens (including phenoxy) is 1. The van der Waals surface area contributed by atoms with Gasteiger partial charge in [0, 0.05) is 10.6 Å². The molecule has 2 rings (SSSR count). The molecule has 20 heavy (non-hydrogen) atoms. The van der Waals surface area contributed by atoms with Gasteiger partial charge in [0.05, 0.1) is 0 Å². The first-order valence-electron chi connectivity index (χ1n) is 5.49. The average molecular weight is 279 g/mol. The SMILES string of the molecule is [N-]=[N+]=Nc1ccc(-c2cccc(OC(F)(F)F)c2)cc1. The maximum absolute atomic E-state index is 12.1. The molecule has 0 N–H and O–H groups in total. The van der Waals surface area contributed by atoms with Crippen molar-refractivity contribution in [2.24, 2.45) is 5.11 Å². The van der Waals surface area contributed by atoms with Gasteiger partial charge in [0.1, 0.15) is 5.75 Å². The fourth-order valence-electron chi connectivity index (χ4n) is 1.64. The summed E-state index contributed by atoms with van der Waals surface area (Å²) in [6, 6.07) is 12.1. The smallest absolute Gasteiger partial charge is 0.406 e. The number of halogens is 3. The first-order valence-corrected chi connectivity index (χ1v) is 5.49. The molecular weight excluding hydrogens is 271 g/mol. The predicted octanol–water partition coefficient (Wildman–Crippen LogP) is 5.19. The topological polar surface area (TPSA) is 58.0 Å². The summed E-state index contributed by atoms with van der Waals surface area (Å²) in [6.07, 6.45) is -4.72. The van der Waals surface area contributed by atoms with E-state index in [9.17, 15) is 13.2 Å². The van der Waals surface area contributed by atoms with Crippen molar-refractivity contribution >= 4 is 5.69 Å². The fourth-order valence-corrected chi connectivity index (χ4v) is 1.64. The average Bonchev–Trinajstić information content (AvgIpc) is 2.38. The summed E-state index contributed by atoms with van der Waals surface area (Å²) in [7, 11) is 0. The molecule has 7 heteroatoms. The molecule has 2 aromatic carbocycles. The van der Waals surface area contributed by atoms with E-state index in [-0.39, 0.29) is 5.75 Å². The zero-order valence-corrected chi connectivity index (χ0v) is 10.0. The normalized spacial score (nSPS) is 10.8. The highest BCUT2D eigenvalue weighted by Gasteiger charge is 2.31. The van der Waals surface area contributed by atoms with Crippen LogP contribution in [-0.4, -0.2) is 6.36 Å². The zero-order valence-electron chi connectivity index (χ0n) is 10.0. The van der Waals surface area contributed by atoms with Gasteiger partial charge < -0.3 is 4.74 Å². The van der Waals surface area contributed by atoms with Gasteiger partial charge in [-0.25, -0.2) is 0 Å². The minimum Gasteiger partial charge on any atom is -0.406 e. The van der Waals surface area contributed by atoms with Gasteiger partial charge >= 0.3 is 6.36 Å². The van der Waals surface area contributed by atoms with Crippen LogP contribution in [0.4, 0.5) is 18.9 Å². The van der Waals surface area contributed by atoms with E-state index in [0.717, 1.165) is 0 Å². The van der Waals surface area contributed by atoms with E-state index in [1.165, 1.54) is 18.2 Å². The third-order valence-electron chi connectivity index (χ3n) is 2.43. The van der Waals surface area contributed by atoms with Gasteiger partial charge in [-0.1, -0.05) is 41.5 Å². The van der Waals surface area contributed by atoms with E-state index in [1.54, 1.807) is 30.3 Å². The van der Waals surface area contributed by atoms with E-state index in [1.807, 2.05) is 0 Å². The van der Waals surface area contributed by atoms with Crippen LogP contribution < -0.4 is 4.74 Å². The summed E-state index contributed by atoms with van der Waals surface area (Å²) in [5, 5.41) is 3.41. The summed E-state index contributed by atoms with van der Waals surface area (Å²) >= 11 is 0. The molecule has 0 spiro atoms. The lowest BCUT2D eigenvalue weighted by atomic mass is 10.1. The van der Waals surface area contributed by atoms with Gasteiger partial charge in [0.15, 0.2) is 0 Å². The monoisotopic (exact) mass is 279 g/mol. The van der Waals surface area contributed by atoms with Gasteiger partial charge in [0.2, 0.25) is 0 Å². The number of nitrogens with zero attached hydrogens (tertiary/aromatic N) is 3. The second-order valence-corrected chi connectivity index (χ2v) is 3.81. The van der Waals surface area contributed by atoms with Crippen LogP contribution in [0.15, 0.2) is 53.6 Å². The molecule has 0 aromatic heterocycles. The first kappa shape index (κ1) is 13.8. The molecule has 0 amide bonds. The molecular formula is C13H8F3N3O. The predicted molar refractivity (Wildman–Crippen MR) is 67.4 cm³/mol. The molecule has 0 bridgehead atoms. The van der Waals surface area contributed by atoms with E-state index < -0.39 is 6.36 Å². The lowest BCUT2D eigenvalue weighted by molar-refractivity contribution is -0.274. The lowest BCUT2D eigenvalue weighted by Crippen LogP contribution is -2.17. The molecule has 0 atom stereocenters. The second-order valence-electron chi connectivity index (χ2n) is 3.81. The Morgan fingerprint density at radius 1 is 1.00 bits per heavy atom. The molecule has 0 radical (unpaired) electrons. The molecule has 0 saturated carbocycles. The third kappa shape index (κ3) is 3.66. The van der Waals surface area contributed by atoms with E-state index >= 15 is 0 Å². The molecule has 102 valence electrons. The Labute approximate surface area is 112 Å². The minimum absolute atomic E-state index is 0.283. The molecule has 0 aliphatic rings. The van der Waals surface area contributed by atoms with Crippen molar-refractivity contribution in [2.75, 3.05) is 0 Å². The van der Waals surface area contributed by atoms with Crippen LogP contribution in [0, 0.1) is 0 Å². The summed E-state index contributed by atoms with van der Waals surface area (Å²) < 4.78 is 40.3. The first-order chi connectivity index (χ1) is 9.48. The second kappa shape index (κ2) is 5.54. The van der Waals surface area contributed by atoms with E-state index in [2.05, 4.69) is 14.8 Å². The Kier molecular flexibility index (Phi) is 3.81. The Balaban J connectivity index is 2.28. The molecule has 0 aliphatic carbocycles. The zero-order chi connectivity index (χ0) is 14.6. The molecule has 4 nitrogen and oxygen atoms in total. The Morgan fingerprint density at radius 2 is 1.70 bits per heavy atom. The molecule has 2 aromatic rings. The maximum Gasteiger partial charge on any atom is 0.573 e. The number of azide groups is 1. The number of hydrogen-bond acceptors (Lipinski definition) is 2. The largest absolute Gasteiger partial charge is 0.573 e. The Morgan fingerprint density at radius 3 is 2.30 bits per heavy atom. The maximum atomic E-state index is 12.1. The van der Waals surface area contributed by atoms with Crippen molar-refractivity contribution < 1.29 is 17.9 Å². The molecule has 0 unspecified atom stereocenters. The van der Waals surface area contributed by atoms with Crippen molar-refractivity contribution in [1.82, 2.24) is 0 Å². The fraction of sp³-hybridized carbons (Fsp3) is 0.0769. The van der Waals surface area contributed by atoms with Crippen molar-refractivity contribution in [3.8, 4) is 16.9 Å². The van der Waals surface area contributed by atoms with Gasteiger partial charge in [-0.2, -0.15) is 0 Å². The third-order valence-corrected chi connectivity index (χ3v) is 2.43. The van der Waals surface area contributed by atoms with Crippen LogP contribution in [0.1, 0.15) is 0 Å². The van der Waals surface area contributed by atoms with Crippen LogP contribution in [0.2, 0.25) is 0 Å². The summed E-state index contributed by atoms with van der Waals surface area (Å²) in [5.41, 5.74) is 9.97. The number of rotatable bonds is 3.